The highest BCUT2D eigenvalue weighted by Gasteiger charge is 2.65. The third-order valence-electron chi connectivity index (χ3n) is 8.46. The molecule has 5 rings (SSSR count). The minimum atomic E-state index is -0.812. The number of hydrogen-bond acceptors (Lipinski definition) is 3. The maximum atomic E-state index is 10.9. The van der Waals surface area contributed by atoms with Crippen LogP contribution in [-0.2, 0) is 6.42 Å². The van der Waals surface area contributed by atoms with Crippen molar-refractivity contribution >= 4 is 0 Å². The summed E-state index contributed by atoms with van der Waals surface area (Å²) in [5.41, 5.74) is 1.26. The summed E-state index contributed by atoms with van der Waals surface area (Å²) in [5, 5.41) is 20.7. The maximum Gasteiger partial charge on any atom is 0.107 e. The lowest BCUT2D eigenvalue weighted by Gasteiger charge is -2.59. The second kappa shape index (κ2) is 4.43. The van der Waals surface area contributed by atoms with Crippen LogP contribution in [0.2, 0.25) is 0 Å². The molecular formula is C20H28O3. The highest BCUT2D eigenvalue weighted by Crippen LogP contribution is 2.71. The normalized spacial score (nSPS) is 51.0. The van der Waals surface area contributed by atoms with Gasteiger partial charge in [-0.1, -0.05) is 6.92 Å². The second-order valence-electron chi connectivity index (χ2n) is 9.23. The first-order valence-electron chi connectivity index (χ1n) is 9.40. The van der Waals surface area contributed by atoms with E-state index in [-0.39, 0.29) is 12.0 Å². The van der Waals surface area contributed by atoms with E-state index in [1.165, 1.54) is 37.0 Å². The first kappa shape index (κ1) is 14.5. The zero-order valence-corrected chi connectivity index (χ0v) is 14.1. The first-order valence-corrected chi connectivity index (χ1v) is 9.40. The van der Waals surface area contributed by atoms with E-state index < -0.39 is 5.60 Å². The van der Waals surface area contributed by atoms with Gasteiger partial charge >= 0.3 is 0 Å². The first-order chi connectivity index (χ1) is 11.0. The maximum absolute atomic E-state index is 10.9. The predicted octanol–water partition coefficient (Wildman–Crippen LogP) is 3.64. The van der Waals surface area contributed by atoms with Crippen LogP contribution in [0, 0.1) is 22.7 Å². The lowest BCUT2D eigenvalue weighted by atomic mass is 9.45. The highest BCUT2D eigenvalue weighted by molar-refractivity contribution is 5.31. The zero-order chi connectivity index (χ0) is 15.9. The van der Waals surface area contributed by atoms with Gasteiger partial charge in [-0.25, -0.2) is 0 Å². The minimum Gasteiger partial charge on any atom is -0.469 e. The van der Waals surface area contributed by atoms with E-state index in [9.17, 15) is 10.2 Å². The standard InChI is InChI=1S/C20H28O3/c1-18-7-5-16-14(6-9-23-16)15(18)4-8-19-10-13(2-3-17(18)19)20(22,11-19)12-21/h6,9,13,15,17,21-22H,2-5,7-8,10-12H2,1H3/t13-,15-,17-,18-,19+,20-/m1/s1. The molecule has 0 amide bonds. The van der Waals surface area contributed by atoms with E-state index in [1.807, 2.05) is 6.26 Å². The van der Waals surface area contributed by atoms with Crippen LogP contribution in [0.3, 0.4) is 0 Å². The number of aliphatic hydroxyl groups excluding tert-OH is 1. The molecular weight excluding hydrogens is 288 g/mol. The lowest BCUT2D eigenvalue weighted by molar-refractivity contribution is -0.0727. The Bertz CT molecular complexity index is 637. The summed E-state index contributed by atoms with van der Waals surface area (Å²) in [6.07, 6.45) is 10.9. The van der Waals surface area contributed by atoms with E-state index in [2.05, 4.69) is 13.0 Å². The summed E-state index contributed by atoms with van der Waals surface area (Å²) >= 11 is 0. The van der Waals surface area contributed by atoms with Gasteiger partial charge < -0.3 is 14.6 Å². The largest absolute Gasteiger partial charge is 0.469 e. The average Bonchev–Trinajstić information content (AvgIpc) is 3.09. The molecule has 2 N–H and O–H groups in total. The van der Waals surface area contributed by atoms with Gasteiger partial charge in [0.05, 0.1) is 18.5 Å². The second-order valence-corrected chi connectivity index (χ2v) is 9.23. The van der Waals surface area contributed by atoms with Gasteiger partial charge in [-0.05, 0) is 85.2 Å². The van der Waals surface area contributed by atoms with E-state index in [4.69, 9.17) is 4.42 Å². The van der Waals surface area contributed by atoms with Gasteiger partial charge in [-0.3, -0.25) is 0 Å². The molecule has 2 bridgehead atoms. The van der Waals surface area contributed by atoms with Gasteiger partial charge in [-0.15, -0.1) is 0 Å². The molecule has 3 nitrogen and oxygen atoms in total. The molecule has 0 saturated heterocycles. The summed E-state index contributed by atoms with van der Waals surface area (Å²) in [4.78, 5) is 0. The van der Waals surface area contributed by atoms with Gasteiger partial charge in [-0.2, -0.15) is 0 Å². The fourth-order valence-electron chi connectivity index (χ4n) is 7.51. The summed E-state index contributed by atoms with van der Waals surface area (Å²) in [7, 11) is 0. The number of aliphatic hydroxyl groups is 2. The van der Waals surface area contributed by atoms with Crippen molar-refractivity contribution < 1.29 is 14.6 Å². The van der Waals surface area contributed by atoms with E-state index in [0.29, 0.717) is 23.2 Å². The van der Waals surface area contributed by atoms with Crippen molar-refractivity contribution in [1.82, 2.24) is 0 Å². The third-order valence-corrected chi connectivity index (χ3v) is 8.46. The van der Waals surface area contributed by atoms with Gasteiger partial charge in [0.15, 0.2) is 0 Å². The summed E-state index contributed by atoms with van der Waals surface area (Å²) in [5.74, 6) is 2.85. The number of fused-ring (bicyclic) bond motifs is 5. The molecule has 4 aliphatic carbocycles. The number of aryl methyl sites for hydroxylation is 1. The molecule has 0 aromatic carbocycles. The van der Waals surface area contributed by atoms with E-state index >= 15 is 0 Å². The Morgan fingerprint density at radius 2 is 2.13 bits per heavy atom. The van der Waals surface area contributed by atoms with Crippen LogP contribution < -0.4 is 0 Å². The molecule has 0 radical (unpaired) electrons. The molecule has 1 spiro atoms. The van der Waals surface area contributed by atoms with Crippen LogP contribution in [0.15, 0.2) is 16.7 Å². The number of furan rings is 1. The summed E-state index contributed by atoms with van der Waals surface area (Å²) < 4.78 is 5.72. The van der Waals surface area contributed by atoms with Crippen LogP contribution >= 0.6 is 0 Å². The molecule has 1 heterocycles. The van der Waals surface area contributed by atoms with Crippen molar-refractivity contribution in [3.8, 4) is 0 Å². The molecule has 0 aliphatic heterocycles. The van der Waals surface area contributed by atoms with Gasteiger partial charge in [0.1, 0.15) is 5.76 Å². The smallest absolute Gasteiger partial charge is 0.107 e. The van der Waals surface area contributed by atoms with Crippen LogP contribution in [-0.4, -0.2) is 22.4 Å². The molecule has 0 unspecified atom stereocenters. The quantitative estimate of drug-likeness (QED) is 0.831. The van der Waals surface area contributed by atoms with Crippen molar-refractivity contribution in [1.29, 1.82) is 0 Å². The SMILES string of the molecule is C[C@@]12CCc3occc3[C@H]1CC[C@@]13C[C@@H](CC[C@@H]12)[C@](O)(CO)C3. The molecule has 6 atom stereocenters. The Morgan fingerprint density at radius 1 is 1.26 bits per heavy atom. The third kappa shape index (κ3) is 1.68. The van der Waals surface area contributed by atoms with Gasteiger partial charge in [0.25, 0.3) is 0 Å². The zero-order valence-electron chi connectivity index (χ0n) is 14.1. The monoisotopic (exact) mass is 316 g/mol. The van der Waals surface area contributed by atoms with Gasteiger partial charge in [0, 0.05) is 6.42 Å². The Labute approximate surface area is 138 Å². The molecule has 1 aromatic heterocycles. The Hall–Kier alpha value is -0.800. The van der Waals surface area contributed by atoms with Crippen LogP contribution in [0.4, 0.5) is 0 Å². The highest BCUT2D eigenvalue weighted by atomic mass is 16.3. The minimum absolute atomic E-state index is 0.0574. The molecule has 4 aliphatic rings. The van der Waals surface area contributed by atoms with Crippen molar-refractivity contribution in [3.63, 3.8) is 0 Å². The Morgan fingerprint density at radius 3 is 2.96 bits per heavy atom. The summed E-state index contributed by atoms with van der Waals surface area (Å²) in [6.45, 7) is 2.45. The summed E-state index contributed by atoms with van der Waals surface area (Å²) in [6, 6.07) is 2.21. The van der Waals surface area contributed by atoms with E-state index in [1.54, 1.807) is 0 Å². The molecule has 126 valence electrons. The molecule has 3 fully saturated rings. The average molecular weight is 316 g/mol. The topological polar surface area (TPSA) is 53.6 Å². The van der Waals surface area contributed by atoms with Crippen LogP contribution in [0.1, 0.15) is 69.1 Å². The lowest BCUT2D eigenvalue weighted by Crippen LogP contribution is -2.51. The van der Waals surface area contributed by atoms with Crippen molar-refractivity contribution in [2.75, 3.05) is 6.61 Å². The van der Waals surface area contributed by atoms with Crippen LogP contribution in [0.25, 0.3) is 0 Å². The van der Waals surface area contributed by atoms with Crippen molar-refractivity contribution in [2.24, 2.45) is 22.7 Å². The fraction of sp³-hybridized carbons (Fsp3) is 0.800. The molecule has 3 heteroatoms. The van der Waals surface area contributed by atoms with Gasteiger partial charge in [0.2, 0.25) is 0 Å². The predicted molar refractivity (Wildman–Crippen MR) is 87.0 cm³/mol. The number of hydrogen-bond donors (Lipinski definition) is 2. The number of rotatable bonds is 1. The van der Waals surface area contributed by atoms with Crippen molar-refractivity contribution in [2.45, 2.75) is 69.8 Å². The molecule has 1 aromatic rings. The Balaban J connectivity index is 1.56. The van der Waals surface area contributed by atoms with Crippen LogP contribution in [0.5, 0.6) is 0 Å². The van der Waals surface area contributed by atoms with Crippen molar-refractivity contribution in [3.05, 3.63) is 23.7 Å². The Kier molecular flexibility index (Phi) is 2.80. The molecule has 23 heavy (non-hydrogen) atoms. The fourth-order valence-corrected chi connectivity index (χ4v) is 7.51. The molecule has 3 saturated carbocycles. The van der Waals surface area contributed by atoms with E-state index in [0.717, 1.165) is 25.7 Å².